The normalized spacial score (nSPS) is 12.8. The minimum atomic E-state index is 0.147. The summed E-state index contributed by atoms with van der Waals surface area (Å²) >= 11 is 7.47. The van der Waals surface area contributed by atoms with Crippen molar-refractivity contribution < 1.29 is 4.42 Å². The molecule has 5 heteroatoms. The molecule has 0 saturated heterocycles. The summed E-state index contributed by atoms with van der Waals surface area (Å²) in [6.07, 6.45) is 3.75. The van der Waals surface area contributed by atoms with Gasteiger partial charge >= 0.3 is 0 Å². The zero-order valence-corrected chi connectivity index (χ0v) is 11.2. The van der Waals surface area contributed by atoms with Gasteiger partial charge in [-0.3, -0.25) is 0 Å². The van der Waals surface area contributed by atoms with Crippen LogP contribution in [0.4, 0.5) is 0 Å². The first-order valence-electron chi connectivity index (χ1n) is 5.66. The lowest BCUT2D eigenvalue weighted by Gasteiger charge is -2.14. The Morgan fingerprint density at radius 2 is 2.41 bits per heavy atom. The number of aromatic nitrogens is 1. The van der Waals surface area contributed by atoms with Crippen LogP contribution in [0.15, 0.2) is 28.1 Å². The summed E-state index contributed by atoms with van der Waals surface area (Å²) in [7, 11) is 0. The van der Waals surface area contributed by atoms with E-state index in [0.717, 1.165) is 30.2 Å². The van der Waals surface area contributed by atoms with E-state index in [-0.39, 0.29) is 6.04 Å². The predicted octanol–water partition coefficient (Wildman–Crippen LogP) is 3.67. The second kappa shape index (κ2) is 6.19. The van der Waals surface area contributed by atoms with Gasteiger partial charge in [0.15, 0.2) is 5.22 Å². The molecular weight excluding hydrogens is 256 g/mol. The van der Waals surface area contributed by atoms with Crippen LogP contribution in [0.2, 0.25) is 5.22 Å². The monoisotopic (exact) mass is 270 g/mol. The fourth-order valence-corrected chi connectivity index (χ4v) is 2.45. The number of nitrogens with one attached hydrogen (secondary N) is 1. The lowest BCUT2D eigenvalue weighted by molar-refractivity contribution is 0.411. The maximum atomic E-state index is 5.81. The van der Waals surface area contributed by atoms with Crippen molar-refractivity contribution in [2.75, 3.05) is 6.54 Å². The Labute approximate surface area is 110 Å². The Balaban J connectivity index is 2.07. The summed E-state index contributed by atoms with van der Waals surface area (Å²) in [5.41, 5.74) is 0. The smallest absolute Gasteiger partial charge is 0.193 e. The Morgan fingerprint density at radius 3 is 3.00 bits per heavy atom. The summed E-state index contributed by atoms with van der Waals surface area (Å²) in [6.45, 7) is 3.09. The first-order valence-corrected chi connectivity index (χ1v) is 6.92. The molecule has 2 heterocycles. The van der Waals surface area contributed by atoms with Crippen molar-refractivity contribution in [3.63, 3.8) is 0 Å². The third-order valence-electron chi connectivity index (χ3n) is 2.44. The van der Waals surface area contributed by atoms with Crippen molar-refractivity contribution >= 4 is 22.9 Å². The summed E-state index contributed by atoms with van der Waals surface area (Å²) in [6, 6.07) is 3.84. The molecule has 2 aromatic rings. The van der Waals surface area contributed by atoms with Gasteiger partial charge in [0.05, 0.1) is 11.0 Å². The maximum Gasteiger partial charge on any atom is 0.193 e. The molecule has 0 bridgehead atoms. The van der Waals surface area contributed by atoms with Gasteiger partial charge in [-0.15, -0.1) is 11.3 Å². The van der Waals surface area contributed by atoms with Crippen LogP contribution in [-0.4, -0.2) is 11.5 Å². The third-order valence-corrected chi connectivity index (χ3v) is 3.45. The van der Waals surface area contributed by atoms with Crippen LogP contribution in [-0.2, 0) is 6.42 Å². The third kappa shape index (κ3) is 3.56. The van der Waals surface area contributed by atoms with E-state index in [2.05, 4.69) is 17.2 Å². The average molecular weight is 271 g/mol. The molecule has 0 spiro atoms. The molecule has 0 aliphatic rings. The molecule has 0 amide bonds. The summed E-state index contributed by atoms with van der Waals surface area (Å²) < 4.78 is 5.47. The van der Waals surface area contributed by atoms with Crippen molar-refractivity contribution in [2.45, 2.75) is 25.8 Å². The van der Waals surface area contributed by atoms with Crippen LogP contribution >= 0.6 is 22.9 Å². The van der Waals surface area contributed by atoms with Crippen molar-refractivity contribution in [2.24, 2.45) is 0 Å². The summed E-state index contributed by atoms with van der Waals surface area (Å²) in [4.78, 5) is 4.30. The average Bonchev–Trinajstić information content (AvgIpc) is 2.95. The van der Waals surface area contributed by atoms with Gasteiger partial charge in [0.25, 0.3) is 0 Å². The van der Waals surface area contributed by atoms with Crippen LogP contribution in [0.3, 0.4) is 0 Å². The standard InChI is InChI=1S/C12H15ClN2OS/c1-2-5-14-9(8-12-15-6-7-17-12)10-3-4-11(13)16-10/h3-4,6-7,9,14H,2,5,8H2,1H3. The second-order valence-electron chi connectivity index (χ2n) is 3.78. The highest BCUT2D eigenvalue weighted by atomic mass is 35.5. The molecule has 0 aliphatic heterocycles. The van der Waals surface area contributed by atoms with Gasteiger partial charge in [-0.1, -0.05) is 6.92 Å². The highest BCUT2D eigenvalue weighted by Crippen LogP contribution is 2.23. The molecule has 0 aromatic carbocycles. The van der Waals surface area contributed by atoms with E-state index in [1.54, 1.807) is 17.4 Å². The Bertz CT molecular complexity index is 441. The Kier molecular flexibility index (Phi) is 4.59. The van der Waals surface area contributed by atoms with Crippen LogP contribution in [0.5, 0.6) is 0 Å². The van der Waals surface area contributed by atoms with Gasteiger partial charge in [0, 0.05) is 18.0 Å². The number of hydrogen-bond acceptors (Lipinski definition) is 4. The first-order chi connectivity index (χ1) is 8.29. The zero-order valence-electron chi connectivity index (χ0n) is 9.65. The van der Waals surface area contributed by atoms with E-state index < -0.39 is 0 Å². The number of rotatable bonds is 6. The number of halogens is 1. The molecule has 1 unspecified atom stereocenters. The molecule has 2 aromatic heterocycles. The molecule has 1 N–H and O–H groups in total. The SMILES string of the molecule is CCCNC(Cc1nccs1)c1ccc(Cl)o1. The molecule has 3 nitrogen and oxygen atoms in total. The van der Waals surface area contributed by atoms with E-state index in [1.165, 1.54) is 0 Å². The van der Waals surface area contributed by atoms with Crippen LogP contribution < -0.4 is 5.32 Å². The van der Waals surface area contributed by atoms with Gasteiger partial charge in [-0.2, -0.15) is 0 Å². The molecule has 92 valence electrons. The van der Waals surface area contributed by atoms with Crippen LogP contribution in [0.25, 0.3) is 0 Å². The minimum absolute atomic E-state index is 0.147. The highest BCUT2D eigenvalue weighted by Gasteiger charge is 2.16. The highest BCUT2D eigenvalue weighted by molar-refractivity contribution is 7.09. The predicted molar refractivity (Wildman–Crippen MR) is 70.6 cm³/mol. The van der Waals surface area contributed by atoms with E-state index in [1.807, 2.05) is 17.6 Å². The largest absolute Gasteiger partial charge is 0.448 e. The topological polar surface area (TPSA) is 38.1 Å². The molecule has 0 aliphatic carbocycles. The molecule has 0 saturated carbocycles. The Morgan fingerprint density at radius 1 is 1.53 bits per heavy atom. The van der Waals surface area contributed by atoms with E-state index in [4.69, 9.17) is 16.0 Å². The van der Waals surface area contributed by atoms with E-state index >= 15 is 0 Å². The zero-order chi connectivity index (χ0) is 12.1. The van der Waals surface area contributed by atoms with Gasteiger partial charge < -0.3 is 9.73 Å². The number of hydrogen-bond donors (Lipinski definition) is 1. The van der Waals surface area contributed by atoms with Crippen molar-refractivity contribution in [1.29, 1.82) is 0 Å². The molecule has 0 fully saturated rings. The molecule has 17 heavy (non-hydrogen) atoms. The van der Waals surface area contributed by atoms with Crippen molar-refractivity contribution in [3.8, 4) is 0 Å². The Hall–Kier alpha value is -0.840. The van der Waals surface area contributed by atoms with Crippen LogP contribution in [0.1, 0.15) is 30.2 Å². The van der Waals surface area contributed by atoms with Gasteiger partial charge in [0.2, 0.25) is 0 Å². The minimum Gasteiger partial charge on any atom is -0.448 e. The van der Waals surface area contributed by atoms with Gasteiger partial charge in [-0.25, -0.2) is 4.98 Å². The molecule has 2 rings (SSSR count). The van der Waals surface area contributed by atoms with E-state index in [9.17, 15) is 0 Å². The lowest BCUT2D eigenvalue weighted by Crippen LogP contribution is -2.23. The summed E-state index contributed by atoms with van der Waals surface area (Å²) in [5, 5.41) is 6.97. The molecule has 0 radical (unpaired) electrons. The fraction of sp³-hybridized carbons (Fsp3) is 0.417. The number of thiazole rings is 1. The summed E-state index contributed by atoms with van der Waals surface area (Å²) in [5.74, 6) is 0.874. The number of nitrogens with zero attached hydrogens (tertiary/aromatic N) is 1. The maximum absolute atomic E-state index is 5.81. The van der Waals surface area contributed by atoms with Crippen molar-refractivity contribution in [3.05, 3.63) is 39.7 Å². The van der Waals surface area contributed by atoms with Gasteiger partial charge in [0.1, 0.15) is 5.76 Å². The first kappa shape index (κ1) is 12.6. The van der Waals surface area contributed by atoms with E-state index in [0.29, 0.717) is 5.22 Å². The number of furan rings is 1. The fourth-order valence-electron chi connectivity index (χ4n) is 1.64. The van der Waals surface area contributed by atoms with Crippen molar-refractivity contribution in [1.82, 2.24) is 10.3 Å². The second-order valence-corrected chi connectivity index (χ2v) is 5.13. The lowest BCUT2D eigenvalue weighted by atomic mass is 10.1. The molecule has 1 atom stereocenters. The quantitative estimate of drug-likeness (QED) is 0.870. The van der Waals surface area contributed by atoms with Crippen LogP contribution in [0, 0.1) is 0 Å². The molecular formula is C12H15ClN2OS. The van der Waals surface area contributed by atoms with Gasteiger partial charge in [-0.05, 0) is 36.7 Å².